The maximum absolute atomic E-state index is 11.0. The molecular weight excluding hydrogens is 158 g/mol. The van der Waals surface area contributed by atoms with Crippen LogP contribution in [0.2, 0.25) is 0 Å². The first-order valence-corrected chi connectivity index (χ1v) is 3.51. The summed E-state index contributed by atoms with van der Waals surface area (Å²) in [7, 11) is 1.73. The van der Waals surface area contributed by atoms with Crippen LogP contribution in [0.25, 0.3) is 0 Å². The summed E-state index contributed by atoms with van der Waals surface area (Å²) >= 11 is 0. The van der Waals surface area contributed by atoms with Crippen molar-refractivity contribution in [1.82, 2.24) is 14.8 Å². The van der Waals surface area contributed by atoms with Crippen LogP contribution in [0, 0.1) is 0 Å². The number of anilines is 1. The molecule has 1 heterocycles. The van der Waals surface area contributed by atoms with Gasteiger partial charge in [0.05, 0.1) is 6.04 Å². The van der Waals surface area contributed by atoms with E-state index < -0.39 is 6.04 Å². The van der Waals surface area contributed by atoms with E-state index in [2.05, 4.69) is 15.5 Å². The highest BCUT2D eigenvalue weighted by molar-refractivity contribution is 5.92. The summed E-state index contributed by atoms with van der Waals surface area (Å²) < 4.78 is 1.60. The molecule has 6 heteroatoms. The molecule has 0 radical (unpaired) electrons. The minimum absolute atomic E-state index is 0.272. The normalized spacial score (nSPS) is 12.6. The van der Waals surface area contributed by atoms with E-state index in [-0.39, 0.29) is 5.91 Å². The van der Waals surface area contributed by atoms with Gasteiger partial charge in [-0.25, -0.2) is 0 Å². The Morgan fingerprint density at radius 1 is 1.83 bits per heavy atom. The Morgan fingerprint density at radius 2 is 2.50 bits per heavy atom. The highest BCUT2D eigenvalue weighted by Gasteiger charge is 2.09. The molecule has 0 saturated heterocycles. The average Bonchev–Trinajstić information content (AvgIpc) is 2.36. The van der Waals surface area contributed by atoms with Crippen LogP contribution in [0.1, 0.15) is 6.92 Å². The zero-order valence-electron chi connectivity index (χ0n) is 6.98. The molecule has 1 aromatic heterocycles. The summed E-state index contributed by atoms with van der Waals surface area (Å²) in [5.74, 6) is 0.128. The molecule has 0 aromatic carbocycles. The number of hydrogen-bond donors (Lipinski definition) is 2. The Kier molecular flexibility index (Phi) is 2.39. The fourth-order valence-corrected chi connectivity index (χ4v) is 0.620. The van der Waals surface area contributed by atoms with Crippen molar-refractivity contribution in [1.29, 1.82) is 0 Å². The maximum Gasteiger partial charge on any atom is 0.243 e. The zero-order chi connectivity index (χ0) is 9.14. The van der Waals surface area contributed by atoms with Gasteiger partial charge in [-0.1, -0.05) is 0 Å². The highest BCUT2D eigenvalue weighted by Crippen LogP contribution is 1.97. The summed E-state index contributed by atoms with van der Waals surface area (Å²) in [5, 5.41) is 9.77. The Labute approximate surface area is 69.8 Å². The molecule has 0 fully saturated rings. The molecule has 0 bridgehead atoms. The van der Waals surface area contributed by atoms with Crippen molar-refractivity contribution in [2.45, 2.75) is 13.0 Å². The molecule has 1 rings (SSSR count). The van der Waals surface area contributed by atoms with Crippen LogP contribution in [0.4, 0.5) is 5.95 Å². The van der Waals surface area contributed by atoms with Crippen LogP contribution in [0.15, 0.2) is 6.33 Å². The number of hydrogen-bond acceptors (Lipinski definition) is 4. The molecule has 0 aliphatic carbocycles. The van der Waals surface area contributed by atoms with Crippen molar-refractivity contribution in [3.05, 3.63) is 6.33 Å². The predicted octanol–water partition coefficient (Wildman–Crippen LogP) is -0.899. The number of carbonyl (C=O) groups excluding carboxylic acids is 1. The first-order valence-electron chi connectivity index (χ1n) is 3.51. The SMILES string of the molecule is C[C@H](N)C(=O)Nc1nncn1C. The molecule has 0 aliphatic rings. The number of aromatic nitrogens is 3. The molecule has 12 heavy (non-hydrogen) atoms. The van der Waals surface area contributed by atoms with E-state index in [4.69, 9.17) is 5.73 Å². The third-order valence-electron chi connectivity index (χ3n) is 1.36. The number of nitrogens with zero attached hydrogens (tertiary/aromatic N) is 3. The molecule has 0 aliphatic heterocycles. The van der Waals surface area contributed by atoms with Crippen molar-refractivity contribution < 1.29 is 4.79 Å². The number of nitrogens with one attached hydrogen (secondary N) is 1. The van der Waals surface area contributed by atoms with Crippen LogP contribution >= 0.6 is 0 Å². The van der Waals surface area contributed by atoms with Crippen LogP contribution in [-0.2, 0) is 11.8 Å². The second kappa shape index (κ2) is 3.31. The van der Waals surface area contributed by atoms with Gasteiger partial charge in [0, 0.05) is 7.05 Å². The van der Waals surface area contributed by atoms with Gasteiger partial charge in [-0.15, -0.1) is 10.2 Å². The van der Waals surface area contributed by atoms with E-state index in [0.29, 0.717) is 5.95 Å². The standard InChI is InChI=1S/C6H11N5O/c1-4(7)5(12)9-6-10-8-3-11(6)2/h3-4H,7H2,1-2H3,(H,9,10,12)/t4-/m0/s1. The lowest BCUT2D eigenvalue weighted by atomic mass is 10.3. The minimum atomic E-state index is -0.540. The van der Waals surface area contributed by atoms with Gasteiger partial charge in [0.25, 0.3) is 0 Å². The number of amides is 1. The number of aryl methyl sites for hydroxylation is 1. The summed E-state index contributed by atoms with van der Waals surface area (Å²) in [6.45, 7) is 1.60. The van der Waals surface area contributed by atoms with Gasteiger partial charge in [0.1, 0.15) is 6.33 Å². The van der Waals surface area contributed by atoms with Gasteiger partial charge in [-0.3, -0.25) is 10.1 Å². The molecule has 1 amide bonds. The van der Waals surface area contributed by atoms with E-state index in [0.717, 1.165) is 0 Å². The quantitative estimate of drug-likeness (QED) is 0.600. The third kappa shape index (κ3) is 1.79. The summed E-state index contributed by atoms with van der Waals surface area (Å²) in [4.78, 5) is 11.0. The number of rotatable bonds is 2. The third-order valence-corrected chi connectivity index (χ3v) is 1.36. The lowest BCUT2D eigenvalue weighted by molar-refractivity contribution is -0.117. The Balaban J connectivity index is 2.64. The first-order chi connectivity index (χ1) is 5.61. The number of carbonyl (C=O) groups is 1. The summed E-state index contributed by atoms with van der Waals surface area (Å²) in [6.07, 6.45) is 1.50. The fraction of sp³-hybridized carbons (Fsp3) is 0.500. The van der Waals surface area contributed by atoms with Gasteiger partial charge >= 0.3 is 0 Å². The van der Waals surface area contributed by atoms with E-state index in [9.17, 15) is 4.79 Å². The first kappa shape index (κ1) is 8.66. The maximum atomic E-state index is 11.0. The smallest absolute Gasteiger partial charge is 0.243 e. The number of nitrogens with two attached hydrogens (primary N) is 1. The molecule has 66 valence electrons. The van der Waals surface area contributed by atoms with Gasteiger partial charge in [0.2, 0.25) is 11.9 Å². The fourth-order valence-electron chi connectivity index (χ4n) is 0.620. The van der Waals surface area contributed by atoms with Crippen molar-refractivity contribution in [3.8, 4) is 0 Å². The predicted molar refractivity (Wildman–Crippen MR) is 43.3 cm³/mol. The van der Waals surface area contributed by atoms with Gasteiger partial charge in [-0.05, 0) is 6.92 Å². The van der Waals surface area contributed by atoms with Crippen LogP contribution < -0.4 is 11.1 Å². The van der Waals surface area contributed by atoms with Crippen LogP contribution in [-0.4, -0.2) is 26.7 Å². The van der Waals surface area contributed by atoms with Crippen LogP contribution in [0.3, 0.4) is 0 Å². The lowest BCUT2D eigenvalue weighted by Crippen LogP contribution is -2.33. The molecular formula is C6H11N5O. The second-order valence-electron chi connectivity index (χ2n) is 2.54. The van der Waals surface area contributed by atoms with E-state index in [1.807, 2.05) is 0 Å². The molecule has 0 unspecified atom stereocenters. The lowest BCUT2D eigenvalue weighted by Gasteiger charge is -2.05. The van der Waals surface area contributed by atoms with E-state index in [1.54, 1.807) is 18.5 Å². The van der Waals surface area contributed by atoms with E-state index >= 15 is 0 Å². The van der Waals surface area contributed by atoms with Crippen molar-refractivity contribution >= 4 is 11.9 Å². The average molecular weight is 169 g/mol. The van der Waals surface area contributed by atoms with Gasteiger partial charge in [-0.2, -0.15) is 0 Å². The topological polar surface area (TPSA) is 85.8 Å². The van der Waals surface area contributed by atoms with Crippen LogP contribution in [0.5, 0.6) is 0 Å². The Hall–Kier alpha value is -1.43. The van der Waals surface area contributed by atoms with Crippen molar-refractivity contribution in [2.24, 2.45) is 12.8 Å². The molecule has 1 aromatic rings. The molecule has 3 N–H and O–H groups in total. The van der Waals surface area contributed by atoms with E-state index in [1.165, 1.54) is 6.33 Å². The van der Waals surface area contributed by atoms with Gasteiger partial charge in [0.15, 0.2) is 0 Å². The molecule has 1 atom stereocenters. The summed E-state index contributed by atoms with van der Waals surface area (Å²) in [6, 6.07) is -0.540. The molecule has 0 spiro atoms. The van der Waals surface area contributed by atoms with Gasteiger partial charge < -0.3 is 10.3 Å². The monoisotopic (exact) mass is 169 g/mol. The Bertz CT molecular complexity index is 279. The summed E-state index contributed by atoms with van der Waals surface area (Å²) in [5.41, 5.74) is 5.33. The zero-order valence-corrected chi connectivity index (χ0v) is 6.98. The van der Waals surface area contributed by atoms with Crippen molar-refractivity contribution in [3.63, 3.8) is 0 Å². The Morgan fingerprint density at radius 3 is 2.92 bits per heavy atom. The second-order valence-corrected chi connectivity index (χ2v) is 2.54. The highest BCUT2D eigenvalue weighted by atomic mass is 16.2. The molecule has 6 nitrogen and oxygen atoms in total. The largest absolute Gasteiger partial charge is 0.320 e. The molecule has 0 saturated carbocycles. The van der Waals surface area contributed by atoms with Crippen molar-refractivity contribution in [2.75, 3.05) is 5.32 Å². The minimum Gasteiger partial charge on any atom is -0.320 e.